The van der Waals surface area contributed by atoms with E-state index in [1.807, 2.05) is 0 Å². The number of benzene rings is 1. The van der Waals surface area contributed by atoms with E-state index in [2.05, 4.69) is 29.8 Å². The lowest BCUT2D eigenvalue weighted by atomic mass is 9.88. The van der Waals surface area contributed by atoms with Gasteiger partial charge in [-0.15, -0.1) is 0 Å². The molecule has 1 aliphatic rings. The van der Waals surface area contributed by atoms with Gasteiger partial charge in [-0.25, -0.2) is 8.42 Å². The Morgan fingerprint density at radius 2 is 1.43 bits per heavy atom. The van der Waals surface area contributed by atoms with E-state index in [-0.39, 0.29) is 22.6 Å². The molecular formula is C28H44BrNO4S. The molecule has 2 rings (SSSR count). The molecule has 0 N–H and O–H groups in total. The molecule has 1 heterocycles. The van der Waals surface area contributed by atoms with Crippen LogP contribution in [0.25, 0.3) is 0 Å². The average Bonchev–Trinajstić information content (AvgIpc) is 2.83. The molecule has 1 fully saturated rings. The Balaban J connectivity index is 2.00. The van der Waals surface area contributed by atoms with Crippen LogP contribution in [0.4, 0.5) is 0 Å². The van der Waals surface area contributed by atoms with Gasteiger partial charge >= 0.3 is 0 Å². The molecule has 0 amide bonds. The number of nitrogens with zero attached hydrogens (tertiary/aromatic N) is 1. The summed E-state index contributed by atoms with van der Waals surface area (Å²) in [4.78, 5) is 25.0. The van der Waals surface area contributed by atoms with Crippen LogP contribution in [0.2, 0.25) is 0 Å². The van der Waals surface area contributed by atoms with E-state index in [1.165, 1.54) is 0 Å². The summed E-state index contributed by atoms with van der Waals surface area (Å²) in [6.07, 6.45) is 12.7. The third-order valence-corrected chi connectivity index (χ3v) is 9.53. The zero-order valence-electron chi connectivity index (χ0n) is 21.6. The van der Waals surface area contributed by atoms with E-state index in [0.29, 0.717) is 38.0 Å². The maximum absolute atomic E-state index is 13.6. The molecule has 0 radical (unpaired) electrons. The number of hydrogen-bond acceptors (Lipinski definition) is 4. The molecule has 0 spiro atoms. The van der Waals surface area contributed by atoms with Gasteiger partial charge < -0.3 is 0 Å². The molecule has 0 bridgehead atoms. The highest BCUT2D eigenvalue weighted by atomic mass is 79.9. The number of rotatable bonds is 17. The number of carbonyl (C=O) groups excluding carboxylic acids is 2. The molecule has 1 aromatic carbocycles. The number of halogens is 1. The van der Waals surface area contributed by atoms with Gasteiger partial charge in [-0.3, -0.25) is 9.59 Å². The van der Waals surface area contributed by atoms with Crippen LogP contribution in [0.1, 0.15) is 110 Å². The monoisotopic (exact) mass is 569 g/mol. The Bertz CT molecular complexity index is 883. The van der Waals surface area contributed by atoms with Crippen LogP contribution in [0.5, 0.6) is 0 Å². The molecule has 0 aliphatic carbocycles. The summed E-state index contributed by atoms with van der Waals surface area (Å²) in [5, 5.41) is 0. The van der Waals surface area contributed by atoms with Crippen LogP contribution in [0.3, 0.4) is 0 Å². The van der Waals surface area contributed by atoms with Crippen molar-refractivity contribution < 1.29 is 18.0 Å². The Morgan fingerprint density at radius 3 is 2.03 bits per heavy atom. The predicted molar refractivity (Wildman–Crippen MR) is 146 cm³/mol. The maximum Gasteiger partial charge on any atom is 0.243 e. The summed E-state index contributed by atoms with van der Waals surface area (Å²) in [7, 11) is -3.68. The van der Waals surface area contributed by atoms with Crippen molar-refractivity contribution in [3.05, 3.63) is 28.7 Å². The SMILES string of the molecule is CCCCCC(=O)CCCC[C@H]1CC[C@H](CC(=O)CCCCC)N(S(=O)(=O)c2ccc(Br)cc2)C1. The first kappa shape index (κ1) is 30.2. The fourth-order valence-electron chi connectivity index (χ4n) is 4.93. The Labute approximate surface area is 221 Å². The standard InChI is InChI=1S/C28H44BrNO4S/c1-3-5-7-12-26(31)13-10-9-11-23-15-18-25(21-27(32)14-8-6-4-2)30(22-23)35(33,34)28-19-16-24(29)17-20-28/h16-17,19-20,23,25H,3-15,18,21-22H2,1-2H3/t23-,25+/m0/s1. The second-order valence-electron chi connectivity index (χ2n) is 10.1. The minimum Gasteiger partial charge on any atom is -0.300 e. The first-order valence-electron chi connectivity index (χ1n) is 13.6. The number of piperidine rings is 1. The Hall–Kier alpha value is -1.05. The van der Waals surface area contributed by atoms with Crippen molar-refractivity contribution in [2.45, 2.75) is 121 Å². The highest BCUT2D eigenvalue weighted by molar-refractivity contribution is 9.10. The lowest BCUT2D eigenvalue weighted by molar-refractivity contribution is -0.120. The van der Waals surface area contributed by atoms with E-state index in [1.54, 1.807) is 28.6 Å². The highest BCUT2D eigenvalue weighted by Crippen LogP contribution is 2.33. The van der Waals surface area contributed by atoms with Crippen LogP contribution in [0, 0.1) is 5.92 Å². The van der Waals surface area contributed by atoms with Gasteiger partial charge in [0, 0.05) is 42.7 Å². The third kappa shape index (κ3) is 10.5. The summed E-state index contributed by atoms with van der Waals surface area (Å²) >= 11 is 3.38. The summed E-state index contributed by atoms with van der Waals surface area (Å²) < 4.78 is 29.6. The van der Waals surface area contributed by atoms with Crippen molar-refractivity contribution in [2.24, 2.45) is 5.92 Å². The Morgan fingerprint density at radius 1 is 0.857 bits per heavy atom. The van der Waals surface area contributed by atoms with Gasteiger partial charge in [0.2, 0.25) is 10.0 Å². The van der Waals surface area contributed by atoms with Gasteiger partial charge in [0.15, 0.2) is 0 Å². The predicted octanol–water partition coefficient (Wildman–Crippen LogP) is 7.47. The van der Waals surface area contributed by atoms with Crippen molar-refractivity contribution in [1.29, 1.82) is 0 Å². The molecule has 0 saturated carbocycles. The molecule has 1 aromatic rings. The van der Waals surface area contributed by atoms with E-state index >= 15 is 0 Å². The number of ketones is 2. The number of Topliss-reactive ketones (excluding diaryl/α,β-unsaturated/α-hetero) is 2. The van der Waals surface area contributed by atoms with Gasteiger partial charge in [-0.1, -0.05) is 61.9 Å². The maximum atomic E-state index is 13.6. The summed E-state index contributed by atoms with van der Waals surface area (Å²) in [5.74, 6) is 0.782. The molecule has 5 nitrogen and oxygen atoms in total. The summed E-state index contributed by atoms with van der Waals surface area (Å²) in [5.41, 5.74) is 0. The number of sulfonamides is 1. The lowest BCUT2D eigenvalue weighted by Gasteiger charge is -2.38. The van der Waals surface area contributed by atoms with Gasteiger partial charge in [0.05, 0.1) is 4.90 Å². The van der Waals surface area contributed by atoms with Gasteiger partial charge in [0.1, 0.15) is 11.6 Å². The second kappa shape index (κ2) is 15.9. The van der Waals surface area contributed by atoms with Crippen LogP contribution in [-0.2, 0) is 19.6 Å². The van der Waals surface area contributed by atoms with E-state index in [0.717, 1.165) is 75.1 Å². The van der Waals surface area contributed by atoms with Crippen molar-refractivity contribution in [1.82, 2.24) is 4.31 Å². The molecule has 2 atom stereocenters. The zero-order valence-corrected chi connectivity index (χ0v) is 24.0. The molecule has 1 saturated heterocycles. The largest absolute Gasteiger partial charge is 0.300 e. The zero-order chi connectivity index (χ0) is 25.7. The van der Waals surface area contributed by atoms with Crippen molar-refractivity contribution in [2.75, 3.05) is 6.54 Å². The van der Waals surface area contributed by atoms with E-state index in [4.69, 9.17) is 0 Å². The fraction of sp³-hybridized carbons (Fsp3) is 0.714. The highest BCUT2D eigenvalue weighted by Gasteiger charge is 2.37. The minimum absolute atomic E-state index is 0.166. The molecule has 35 heavy (non-hydrogen) atoms. The third-order valence-electron chi connectivity index (χ3n) is 7.07. The molecule has 198 valence electrons. The van der Waals surface area contributed by atoms with Crippen LogP contribution >= 0.6 is 15.9 Å². The van der Waals surface area contributed by atoms with E-state index in [9.17, 15) is 18.0 Å². The summed E-state index contributed by atoms with van der Waals surface area (Å²) in [6.45, 7) is 4.71. The molecule has 0 aromatic heterocycles. The molecule has 7 heteroatoms. The molecular weight excluding hydrogens is 526 g/mol. The minimum atomic E-state index is -3.68. The molecule has 0 unspecified atom stereocenters. The van der Waals surface area contributed by atoms with Gasteiger partial charge in [-0.05, 0) is 68.7 Å². The fourth-order valence-corrected chi connectivity index (χ4v) is 6.93. The number of hydrogen-bond donors (Lipinski definition) is 0. The van der Waals surface area contributed by atoms with Crippen molar-refractivity contribution in [3.8, 4) is 0 Å². The topological polar surface area (TPSA) is 71.5 Å². The van der Waals surface area contributed by atoms with Crippen LogP contribution in [0.15, 0.2) is 33.6 Å². The summed E-state index contributed by atoms with van der Waals surface area (Å²) in [6, 6.07) is 6.49. The lowest BCUT2D eigenvalue weighted by Crippen LogP contribution is -2.47. The average molecular weight is 571 g/mol. The quantitative estimate of drug-likeness (QED) is 0.182. The Kier molecular flexibility index (Phi) is 13.7. The first-order chi connectivity index (χ1) is 16.8. The number of carbonyl (C=O) groups is 2. The number of unbranched alkanes of at least 4 members (excludes halogenated alkanes) is 5. The van der Waals surface area contributed by atoms with Gasteiger partial charge in [-0.2, -0.15) is 4.31 Å². The van der Waals surface area contributed by atoms with E-state index < -0.39 is 10.0 Å². The van der Waals surface area contributed by atoms with Crippen LogP contribution in [-0.4, -0.2) is 36.9 Å². The second-order valence-corrected chi connectivity index (χ2v) is 12.9. The van der Waals surface area contributed by atoms with Crippen molar-refractivity contribution in [3.63, 3.8) is 0 Å². The van der Waals surface area contributed by atoms with Crippen molar-refractivity contribution >= 4 is 37.5 Å². The van der Waals surface area contributed by atoms with Gasteiger partial charge in [0.25, 0.3) is 0 Å². The normalized spacial score (nSPS) is 19.1. The smallest absolute Gasteiger partial charge is 0.243 e. The van der Waals surface area contributed by atoms with Crippen LogP contribution < -0.4 is 0 Å². The molecule has 1 aliphatic heterocycles. The first-order valence-corrected chi connectivity index (χ1v) is 15.8.